The van der Waals surface area contributed by atoms with Gasteiger partial charge in [-0.3, -0.25) is 9.59 Å². The smallest absolute Gasteiger partial charge is 0.339 e. The predicted molar refractivity (Wildman–Crippen MR) is 93.8 cm³/mol. The van der Waals surface area contributed by atoms with Crippen LogP contribution in [0.25, 0.3) is 0 Å². The van der Waals surface area contributed by atoms with Crippen molar-refractivity contribution in [2.75, 3.05) is 12.8 Å². The maximum atomic E-state index is 12.1. The Hall–Kier alpha value is -2.85. The summed E-state index contributed by atoms with van der Waals surface area (Å²) in [5, 5.41) is 9.17. The second kappa shape index (κ2) is 9.38. The van der Waals surface area contributed by atoms with E-state index >= 15 is 0 Å². The van der Waals surface area contributed by atoms with Crippen LogP contribution < -0.4 is 10.5 Å². The highest BCUT2D eigenvalue weighted by Gasteiger charge is 2.47. The normalized spacial score (nSPS) is 24.1. The minimum absolute atomic E-state index is 0.0434. The molecule has 2 rings (SSSR count). The summed E-state index contributed by atoms with van der Waals surface area (Å²) in [5.41, 5.74) is 6.71. The van der Waals surface area contributed by atoms with E-state index in [0.29, 0.717) is 5.56 Å². The van der Waals surface area contributed by atoms with Gasteiger partial charge in [0.05, 0.1) is 19.4 Å². The fourth-order valence-electron chi connectivity index (χ4n) is 2.78. The summed E-state index contributed by atoms with van der Waals surface area (Å²) in [6.45, 7) is 2.19. The number of ether oxygens (including phenoxy) is 5. The molecular weight excluding hydrogens is 374 g/mol. The number of carbonyl (C=O) groups is 3. The number of benzene rings is 1. The molecule has 0 spiro atoms. The Morgan fingerprint density at radius 1 is 1.18 bits per heavy atom. The summed E-state index contributed by atoms with van der Waals surface area (Å²) < 4.78 is 26.4. The SMILES string of the molecule is COC(=O)C1O[C@@H](Oc2ccc(CO)cc2N)C(OC(C)=O)C[C@@H]1OC(C)=O. The van der Waals surface area contributed by atoms with Gasteiger partial charge in [-0.2, -0.15) is 0 Å². The van der Waals surface area contributed by atoms with Crippen LogP contribution in [0.1, 0.15) is 25.8 Å². The number of nitrogen functional groups attached to an aromatic ring is 1. The van der Waals surface area contributed by atoms with Crippen LogP contribution in [0.4, 0.5) is 5.69 Å². The minimum Gasteiger partial charge on any atom is -0.467 e. The number of methoxy groups -OCH3 is 1. The van der Waals surface area contributed by atoms with Crippen molar-refractivity contribution < 1.29 is 43.2 Å². The van der Waals surface area contributed by atoms with Gasteiger partial charge in [-0.05, 0) is 17.7 Å². The molecule has 0 aromatic heterocycles. The Bertz CT molecular complexity index is 736. The molecular formula is C18H23NO9. The van der Waals surface area contributed by atoms with E-state index in [1.807, 2.05) is 0 Å². The number of aliphatic hydroxyl groups is 1. The van der Waals surface area contributed by atoms with Crippen LogP contribution in [-0.4, -0.2) is 54.7 Å². The highest BCUT2D eigenvalue weighted by atomic mass is 16.7. The van der Waals surface area contributed by atoms with Gasteiger partial charge in [0.2, 0.25) is 6.29 Å². The third kappa shape index (κ3) is 5.33. The first-order valence-corrected chi connectivity index (χ1v) is 8.48. The summed E-state index contributed by atoms with van der Waals surface area (Å²) in [4.78, 5) is 34.9. The first-order valence-electron chi connectivity index (χ1n) is 8.48. The zero-order valence-electron chi connectivity index (χ0n) is 15.7. The Kier molecular flexibility index (Phi) is 7.18. The van der Waals surface area contributed by atoms with Gasteiger partial charge in [0.25, 0.3) is 0 Å². The molecule has 0 saturated carbocycles. The van der Waals surface area contributed by atoms with Crippen LogP contribution in [0.5, 0.6) is 5.75 Å². The van der Waals surface area contributed by atoms with Gasteiger partial charge in [-0.1, -0.05) is 6.07 Å². The molecule has 1 fully saturated rings. The lowest BCUT2D eigenvalue weighted by atomic mass is 10.0. The van der Waals surface area contributed by atoms with Gasteiger partial charge in [0, 0.05) is 20.3 Å². The van der Waals surface area contributed by atoms with Crippen LogP contribution in [0, 0.1) is 0 Å². The van der Waals surface area contributed by atoms with Crippen molar-refractivity contribution in [2.45, 2.75) is 51.5 Å². The minimum atomic E-state index is -1.27. The van der Waals surface area contributed by atoms with E-state index in [0.717, 1.165) is 7.11 Å². The van der Waals surface area contributed by atoms with Crippen LogP contribution in [0.15, 0.2) is 18.2 Å². The summed E-state index contributed by atoms with van der Waals surface area (Å²) in [5.74, 6) is -1.81. The van der Waals surface area contributed by atoms with Crippen molar-refractivity contribution in [3.05, 3.63) is 23.8 Å². The van der Waals surface area contributed by atoms with E-state index in [-0.39, 0.29) is 24.5 Å². The molecule has 10 nitrogen and oxygen atoms in total. The lowest BCUT2D eigenvalue weighted by molar-refractivity contribution is -0.248. The Morgan fingerprint density at radius 2 is 1.82 bits per heavy atom. The fourth-order valence-corrected chi connectivity index (χ4v) is 2.78. The molecule has 1 aliphatic heterocycles. The Labute approximate surface area is 161 Å². The van der Waals surface area contributed by atoms with Gasteiger partial charge in [-0.25, -0.2) is 4.79 Å². The first kappa shape index (κ1) is 21.5. The summed E-state index contributed by atoms with van der Waals surface area (Å²) in [6, 6.07) is 4.62. The Balaban J connectivity index is 2.29. The number of aliphatic hydroxyl groups excluding tert-OH is 1. The van der Waals surface area contributed by atoms with Crippen molar-refractivity contribution >= 4 is 23.6 Å². The van der Waals surface area contributed by atoms with Crippen molar-refractivity contribution in [1.29, 1.82) is 0 Å². The molecule has 1 saturated heterocycles. The molecule has 1 heterocycles. The van der Waals surface area contributed by atoms with E-state index in [1.165, 1.54) is 26.0 Å². The molecule has 154 valence electrons. The number of hydrogen-bond acceptors (Lipinski definition) is 10. The number of carbonyl (C=O) groups excluding carboxylic acids is 3. The maximum absolute atomic E-state index is 12.1. The summed E-state index contributed by atoms with van der Waals surface area (Å²) in [7, 11) is 1.16. The van der Waals surface area contributed by atoms with Crippen molar-refractivity contribution in [2.24, 2.45) is 0 Å². The largest absolute Gasteiger partial charge is 0.467 e. The molecule has 0 aliphatic carbocycles. The molecule has 1 aromatic carbocycles. The molecule has 0 amide bonds. The third-order valence-corrected chi connectivity index (χ3v) is 3.95. The number of anilines is 1. The molecule has 1 aliphatic rings. The topological polar surface area (TPSA) is 144 Å². The summed E-state index contributed by atoms with van der Waals surface area (Å²) in [6.07, 6.45) is -4.52. The van der Waals surface area contributed by atoms with E-state index in [4.69, 9.17) is 34.5 Å². The van der Waals surface area contributed by atoms with Crippen LogP contribution in [0.2, 0.25) is 0 Å². The quantitative estimate of drug-likeness (QED) is 0.390. The highest BCUT2D eigenvalue weighted by Crippen LogP contribution is 2.31. The molecule has 3 N–H and O–H groups in total. The molecule has 1 aromatic rings. The average Bonchev–Trinajstić information content (AvgIpc) is 2.63. The van der Waals surface area contributed by atoms with Crippen LogP contribution in [0.3, 0.4) is 0 Å². The average molecular weight is 397 g/mol. The van der Waals surface area contributed by atoms with E-state index in [2.05, 4.69) is 0 Å². The van der Waals surface area contributed by atoms with Crippen LogP contribution >= 0.6 is 0 Å². The van der Waals surface area contributed by atoms with Crippen molar-refractivity contribution in [1.82, 2.24) is 0 Å². The van der Waals surface area contributed by atoms with Gasteiger partial charge < -0.3 is 34.5 Å². The van der Waals surface area contributed by atoms with E-state index in [1.54, 1.807) is 6.07 Å². The first-order chi connectivity index (χ1) is 13.2. The summed E-state index contributed by atoms with van der Waals surface area (Å²) >= 11 is 0. The lowest BCUT2D eigenvalue weighted by Gasteiger charge is -2.38. The van der Waals surface area contributed by atoms with Gasteiger partial charge >= 0.3 is 17.9 Å². The molecule has 0 radical (unpaired) electrons. The highest BCUT2D eigenvalue weighted by molar-refractivity contribution is 5.76. The third-order valence-electron chi connectivity index (χ3n) is 3.95. The van der Waals surface area contributed by atoms with Crippen LogP contribution in [-0.2, 0) is 39.9 Å². The molecule has 4 atom stereocenters. The monoisotopic (exact) mass is 397 g/mol. The van der Waals surface area contributed by atoms with Gasteiger partial charge in [0.1, 0.15) is 11.9 Å². The maximum Gasteiger partial charge on any atom is 0.339 e. The standard InChI is InChI=1S/C18H23NO9/c1-9(21)25-14-7-15(26-10(2)22)18(28-16(14)17(23)24-3)27-13-5-4-11(8-20)6-12(13)19/h4-6,14-16,18,20H,7-8,19H2,1-3H3/t14-,15?,16?,18+/m0/s1. The molecule has 0 bridgehead atoms. The lowest BCUT2D eigenvalue weighted by Crippen LogP contribution is -2.55. The molecule has 28 heavy (non-hydrogen) atoms. The van der Waals surface area contributed by atoms with E-state index in [9.17, 15) is 14.4 Å². The Morgan fingerprint density at radius 3 is 2.36 bits per heavy atom. The van der Waals surface area contributed by atoms with Gasteiger partial charge in [-0.15, -0.1) is 0 Å². The predicted octanol–water partition coefficient (Wildman–Crippen LogP) is 0.291. The zero-order chi connectivity index (χ0) is 20.8. The number of nitrogens with two attached hydrogens (primary N) is 1. The number of esters is 3. The second-order valence-electron chi connectivity index (χ2n) is 6.13. The van der Waals surface area contributed by atoms with E-state index < -0.39 is 42.5 Å². The van der Waals surface area contributed by atoms with Crippen molar-refractivity contribution in [3.63, 3.8) is 0 Å². The molecule has 2 unspecified atom stereocenters. The van der Waals surface area contributed by atoms with Crippen molar-refractivity contribution in [3.8, 4) is 5.75 Å². The zero-order valence-corrected chi connectivity index (χ0v) is 15.7. The number of rotatable bonds is 6. The molecule has 10 heteroatoms. The fraction of sp³-hybridized carbons (Fsp3) is 0.500. The number of hydrogen-bond donors (Lipinski definition) is 2. The van der Waals surface area contributed by atoms with Gasteiger partial charge in [0.15, 0.2) is 12.2 Å². The second-order valence-corrected chi connectivity index (χ2v) is 6.13.